The molecule has 2 N–H and O–H groups in total. The molecule has 128 valence electrons. The maximum absolute atomic E-state index is 13.0. The Hall–Kier alpha value is -2.90. The van der Waals surface area contributed by atoms with Gasteiger partial charge in [0.25, 0.3) is 5.91 Å². The zero-order valence-corrected chi connectivity index (χ0v) is 14.8. The highest BCUT2D eigenvalue weighted by Gasteiger charge is 2.32. The van der Waals surface area contributed by atoms with E-state index in [2.05, 4.69) is 15.0 Å². The van der Waals surface area contributed by atoms with Crippen LogP contribution < -0.4 is 9.64 Å². The second kappa shape index (κ2) is 5.55. The van der Waals surface area contributed by atoms with Crippen molar-refractivity contribution < 1.29 is 9.53 Å². The molecule has 2 aromatic carbocycles. The van der Waals surface area contributed by atoms with Gasteiger partial charge in [0.05, 0.1) is 11.0 Å². The Kier molecular flexibility index (Phi) is 3.28. The molecule has 0 spiro atoms. The van der Waals surface area contributed by atoms with Crippen molar-refractivity contribution in [2.75, 3.05) is 11.6 Å². The second-order valence-corrected chi connectivity index (χ2v) is 6.83. The number of aromatic nitrogens is 2. The maximum atomic E-state index is 13.0. The Labute approximate surface area is 157 Å². The molecule has 0 aliphatic carbocycles. The van der Waals surface area contributed by atoms with E-state index in [9.17, 15) is 4.79 Å². The number of hydrogen-bond acceptors (Lipinski definition) is 4. The van der Waals surface area contributed by atoms with Crippen molar-refractivity contribution in [2.24, 2.45) is 4.99 Å². The number of halogens is 1. The van der Waals surface area contributed by atoms with Crippen LogP contribution in [-0.2, 0) is 4.79 Å². The molecule has 2 aliphatic rings. The largest absolute Gasteiger partial charge is 0.438 e. The van der Waals surface area contributed by atoms with Gasteiger partial charge in [-0.3, -0.25) is 9.69 Å². The summed E-state index contributed by atoms with van der Waals surface area (Å²) in [6.07, 6.45) is 1.78. The molecule has 0 radical (unpaired) electrons. The lowest BCUT2D eigenvalue weighted by Gasteiger charge is -2.29. The smallest absolute Gasteiger partial charge is 0.265 e. The molecule has 0 atom stereocenters. The van der Waals surface area contributed by atoms with Crippen LogP contribution in [-0.4, -0.2) is 28.4 Å². The van der Waals surface area contributed by atoms with E-state index in [0.717, 1.165) is 22.3 Å². The van der Waals surface area contributed by atoms with Crippen LogP contribution >= 0.6 is 23.8 Å². The number of hydrogen-bond donors (Lipinski definition) is 2. The number of imidazole rings is 1. The van der Waals surface area contributed by atoms with E-state index in [1.165, 1.54) is 0 Å². The Morgan fingerprint density at radius 2 is 2.00 bits per heavy atom. The lowest BCUT2D eigenvalue weighted by molar-refractivity contribution is -0.114. The number of nitrogens with zero attached hydrogens (tertiary/aromatic N) is 2. The molecule has 0 unspecified atom stereocenters. The van der Waals surface area contributed by atoms with E-state index < -0.39 is 0 Å². The van der Waals surface area contributed by atoms with Crippen molar-refractivity contribution >= 4 is 58.4 Å². The minimum absolute atomic E-state index is 0.163. The predicted octanol–water partition coefficient (Wildman–Crippen LogP) is 4.06. The van der Waals surface area contributed by atoms with E-state index in [1.54, 1.807) is 23.1 Å². The first-order valence-electron chi connectivity index (χ1n) is 7.86. The van der Waals surface area contributed by atoms with Gasteiger partial charge in [0.2, 0.25) is 5.90 Å². The topological polar surface area (TPSA) is 73.5 Å². The molecular formula is C18H11ClN4O2S. The predicted molar refractivity (Wildman–Crippen MR) is 103 cm³/mol. The Morgan fingerprint density at radius 1 is 1.15 bits per heavy atom. The average molecular weight is 383 g/mol. The van der Waals surface area contributed by atoms with Gasteiger partial charge >= 0.3 is 0 Å². The highest BCUT2D eigenvalue weighted by atomic mass is 35.5. The summed E-state index contributed by atoms with van der Waals surface area (Å²) in [5.41, 5.74) is 3.68. The lowest BCUT2D eigenvalue weighted by Crippen LogP contribution is -2.41. The van der Waals surface area contributed by atoms with Crippen LogP contribution in [0.2, 0.25) is 5.02 Å². The van der Waals surface area contributed by atoms with Crippen molar-refractivity contribution in [3.05, 3.63) is 57.3 Å². The minimum atomic E-state index is -0.163. The van der Waals surface area contributed by atoms with Gasteiger partial charge in [-0.2, -0.15) is 0 Å². The number of H-pyrrole nitrogens is 2. The average Bonchev–Trinajstić information content (AvgIpc) is 3.00. The molecule has 26 heavy (non-hydrogen) atoms. The summed E-state index contributed by atoms with van der Waals surface area (Å²) < 4.78 is 6.31. The fourth-order valence-corrected chi connectivity index (χ4v) is 3.48. The number of rotatable bonds is 1. The molecule has 1 aromatic heterocycles. The van der Waals surface area contributed by atoms with Crippen LogP contribution in [0.1, 0.15) is 5.56 Å². The van der Waals surface area contributed by atoms with Gasteiger partial charge in [-0.25, -0.2) is 4.99 Å². The molecule has 6 nitrogen and oxygen atoms in total. The molecule has 3 aromatic rings. The van der Waals surface area contributed by atoms with Crippen LogP contribution in [0.15, 0.2) is 47.0 Å². The van der Waals surface area contributed by atoms with Gasteiger partial charge in [0.1, 0.15) is 18.0 Å². The number of amides is 1. The third-order valence-corrected chi connectivity index (χ3v) is 4.79. The van der Waals surface area contributed by atoms with E-state index in [4.69, 9.17) is 28.6 Å². The minimum Gasteiger partial charge on any atom is -0.438 e. The van der Waals surface area contributed by atoms with Crippen LogP contribution in [0, 0.1) is 4.77 Å². The summed E-state index contributed by atoms with van der Waals surface area (Å²) in [4.78, 5) is 25.1. The number of aliphatic imine (C=N–C) groups is 1. The molecule has 5 rings (SSSR count). The molecule has 0 bridgehead atoms. The van der Waals surface area contributed by atoms with Gasteiger partial charge in [0, 0.05) is 22.3 Å². The van der Waals surface area contributed by atoms with E-state index in [1.807, 2.05) is 24.3 Å². The van der Waals surface area contributed by atoms with Crippen molar-refractivity contribution in [2.45, 2.75) is 0 Å². The van der Waals surface area contributed by atoms with Gasteiger partial charge in [-0.1, -0.05) is 11.6 Å². The number of aromatic amines is 2. The summed E-state index contributed by atoms with van der Waals surface area (Å²) in [5.74, 6) is 0.759. The molecule has 0 saturated carbocycles. The van der Waals surface area contributed by atoms with Crippen LogP contribution in [0.4, 0.5) is 5.69 Å². The summed E-state index contributed by atoms with van der Waals surface area (Å²) in [5, 5.41) is 0.571. The number of carbonyl (C=O) groups is 1. The maximum Gasteiger partial charge on any atom is 0.265 e. The number of anilines is 1. The summed E-state index contributed by atoms with van der Waals surface area (Å²) in [6.45, 7) is 0.179. The number of benzene rings is 2. The third kappa shape index (κ3) is 2.36. The molecule has 0 saturated heterocycles. The Bertz CT molecular complexity index is 1210. The summed E-state index contributed by atoms with van der Waals surface area (Å²) >= 11 is 11.1. The Morgan fingerprint density at radius 3 is 2.88 bits per heavy atom. The molecule has 1 amide bonds. The first-order valence-corrected chi connectivity index (χ1v) is 8.65. The fourth-order valence-electron chi connectivity index (χ4n) is 3.09. The lowest BCUT2D eigenvalue weighted by atomic mass is 10.0. The van der Waals surface area contributed by atoms with Gasteiger partial charge < -0.3 is 14.7 Å². The van der Waals surface area contributed by atoms with Gasteiger partial charge in [-0.05, 0) is 48.6 Å². The second-order valence-electron chi connectivity index (χ2n) is 5.99. The molecule has 2 aliphatic heterocycles. The van der Waals surface area contributed by atoms with Gasteiger partial charge in [0.15, 0.2) is 4.77 Å². The Balaban J connectivity index is 1.57. The summed E-state index contributed by atoms with van der Waals surface area (Å²) in [6, 6.07) is 10.9. The van der Waals surface area contributed by atoms with Gasteiger partial charge in [-0.15, -0.1) is 0 Å². The van der Waals surface area contributed by atoms with E-state index >= 15 is 0 Å². The number of nitrogens with one attached hydrogen (secondary N) is 2. The van der Waals surface area contributed by atoms with Crippen molar-refractivity contribution in [1.82, 2.24) is 9.97 Å². The zero-order valence-electron chi connectivity index (χ0n) is 13.2. The fraction of sp³-hybridized carbons (Fsp3) is 0.0556. The van der Waals surface area contributed by atoms with Crippen molar-refractivity contribution in [1.29, 1.82) is 0 Å². The molecule has 8 heteroatoms. The van der Waals surface area contributed by atoms with Crippen LogP contribution in [0.3, 0.4) is 0 Å². The first kappa shape index (κ1) is 15.4. The number of ether oxygens (including phenoxy) is 1. The molecule has 0 fully saturated rings. The number of carbonyl (C=O) groups excluding carboxylic acids is 1. The van der Waals surface area contributed by atoms with E-state index in [0.29, 0.717) is 27.0 Å². The molecular weight excluding hydrogens is 372 g/mol. The van der Waals surface area contributed by atoms with Crippen molar-refractivity contribution in [3.63, 3.8) is 0 Å². The quantitative estimate of drug-likeness (QED) is 0.623. The van der Waals surface area contributed by atoms with E-state index in [-0.39, 0.29) is 12.6 Å². The van der Waals surface area contributed by atoms with Crippen molar-refractivity contribution in [3.8, 4) is 5.75 Å². The van der Waals surface area contributed by atoms with Crippen LogP contribution in [0.5, 0.6) is 5.75 Å². The highest BCUT2D eigenvalue weighted by molar-refractivity contribution is 7.71. The van der Waals surface area contributed by atoms with Crippen LogP contribution in [0.25, 0.3) is 17.1 Å². The monoisotopic (exact) mass is 382 g/mol. The normalized spacial score (nSPS) is 15.9. The number of fused-ring (bicyclic) bond motifs is 3. The summed E-state index contributed by atoms with van der Waals surface area (Å²) in [7, 11) is 0. The zero-order chi connectivity index (χ0) is 17.8. The third-order valence-electron chi connectivity index (χ3n) is 4.36. The first-order chi connectivity index (χ1) is 12.6. The SMILES string of the molecule is O=C1C2=Cc3ccc(Cl)cc3OC2=NCN1c1ccc2[nH]c(=S)[nH]c2c1. The highest BCUT2D eigenvalue weighted by Crippen LogP contribution is 2.33. The standard InChI is InChI=1S/C18H11ClN4O2S/c19-10-2-1-9-5-12-16(25-15(9)6-10)20-8-23(17(12)24)11-3-4-13-14(7-11)22-18(26)21-13/h1-7H,8H2,(H2,21,22,26). The molecule has 3 heterocycles.